The summed E-state index contributed by atoms with van der Waals surface area (Å²) in [6.45, 7) is 0. The van der Waals surface area contributed by atoms with Crippen molar-refractivity contribution >= 4 is 27.8 Å². The highest BCUT2D eigenvalue weighted by Gasteiger charge is 2.22. The normalized spacial score (nSPS) is 11.2. The van der Waals surface area contributed by atoms with Gasteiger partial charge in [0, 0.05) is 0 Å². The van der Waals surface area contributed by atoms with Crippen LogP contribution in [0.15, 0.2) is 22.8 Å². The molecule has 4 N–H and O–H groups in total. The van der Waals surface area contributed by atoms with Crippen molar-refractivity contribution in [3.05, 3.63) is 24.2 Å². The summed E-state index contributed by atoms with van der Waals surface area (Å²) in [5.74, 6) is -1.63. The molecule has 3 rings (SSSR count). The third-order valence-electron chi connectivity index (χ3n) is 3.05. The van der Waals surface area contributed by atoms with Crippen LogP contribution in [-0.2, 0) is 0 Å². The lowest BCUT2D eigenvalue weighted by Crippen LogP contribution is -1.83. The lowest BCUT2D eigenvalue weighted by Gasteiger charge is -2.09. The maximum Gasteiger partial charge on any atom is 0.186 e. The third kappa shape index (κ3) is 1.28. The van der Waals surface area contributed by atoms with E-state index >= 15 is 0 Å². The SMILES string of the molecule is O=Cc1occ2c(O)c3c(O)ccc(O)c3c(O)c12. The monoisotopic (exact) mass is 260 g/mol. The summed E-state index contributed by atoms with van der Waals surface area (Å²) < 4.78 is 4.93. The van der Waals surface area contributed by atoms with Gasteiger partial charge in [-0.3, -0.25) is 4.79 Å². The molecule has 0 atom stereocenters. The first-order valence-electron chi connectivity index (χ1n) is 5.31. The fourth-order valence-corrected chi connectivity index (χ4v) is 2.20. The third-order valence-corrected chi connectivity index (χ3v) is 3.05. The number of aromatic hydroxyl groups is 4. The molecule has 0 aliphatic carbocycles. The van der Waals surface area contributed by atoms with E-state index in [0.29, 0.717) is 6.29 Å². The first-order valence-corrected chi connectivity index (χ1v) is 5.31. The van der Waals surface area contributed by atoms with Crippen LogP contribution >= 0.6 is 0 Å². The molecule has 0 amide bonds. The second-order valence-electron chi connectivity index (χ2n) is 4.06. The van der Waals surface area contributed by atoms with Gasteiger partial charge >= 0.3 is 0 Å². The van der Waals surface area contributed by atoms with Crippen molar-refractivity contribution in [1.82, 2.24) is 0 Å². The molecule has 2 aromatic carbocycles. The van der Waals surface area contributed by atoms with Gasteiger partial charge in [-0.15, -0.1) is 0 Å². The molecule has 0 saturated heterocycles. The largest absolute Gasteiger partial charge is 0.507 e. The van der Waals surface area contributed by atoms with Crippen molar-refractivity contribution in [2.24, 2.45) is 0 Å². The molecule has 1 heterocycles. The summed E-state index contributed by atoms with van der Waals surface area (Å²) in [4.78, 5) is 10.8. The van der Waals surface area contributed by atoms with E-state index in [1.165, 1.54) is 12.1 Å². The van der Waals surface area contributed by atoms with E-state index in [4.69, 9.17) is 4.42 Å². The molecule has 0 spiro atoms. The highest BCUT2D eigenvalue weighted by molar-refractivity contribution is 6.17. The van der Waals surface area contributed by atoms with Gasteiger partial charge in [-0.1, -0.05) is 0 Å². The number of hydrogen-bond donors (Lipinski definition) is 4. The van der Waals surface area contributed by atoms with E-state index in [1.54, 1.807) is 0 Å². The van der Waals surface area contributed by atoms with Gasteiger partial charge in [0.15, 0.2) is 12.0 Å². The van der Waals surface area contributed by atoms with Crippen molar-refractivity contribution in [2.45, 2.75) is 0 Å². The predicted molar refractivity (Wildman–Crippen MR) is 65.8 cm³/mol. The molecule has 0 bridgehead atoms. The van der Waals surface area contributed by atoms with Crippen molar-refractivity contribution in [3.63, 3.8) is 0 Å². The molecule has 0 fully saturated rings. The Labute approximate surface area is 105 Å². The quantitative estimate of drug-likeness (QED) is 0.394. The number of carbonyl (C=O) groups excluding carboxylic acids is 1. The molecule has 0 unspecified atom stereocenters. The number of aldehydes is 1. The standard InChI is InChI=1S/C13H8O6/c14-3-8-9-5(4-19-8)12(17)10-6(15)1-2-7(16)11(10)13(9)18/h1-4,15-18H. The minimum atomic E-state index is -0.438. The number of furan rings is 1. The van der Waals surface area contributed by atoms with Crippen molar-refractivity contribution < 1.29 is 29.6 Å². The Kier molecular flexibility index (Phi) is 2.10. The van der Waals surface area contributed by atoms with E-state index in [9.17, 15) is 25.2 Å². The zero-order valence-electron chi connectivity index (χ0n) is 9.41. The van der Waals surface area contributed by atoms with E-state index in [-0.39, 0.29) is 44.6 Å². The molecule has 96 valence electrons. The molecule has 6 nitrogen and oxygen atoms in total. The molecule has 19 heavy (non-hydrogen) atoms. The van der Waals surface area contributed by atoms with Crippen LogP contribution in [0.2, 0.25) is 0 Å². The summed E-state index contributed by atoms with van der Waals surface area (Å²) >= 11 is 0. The Morgan fingerprint density at radius 3 is 2.05 bits per heavy atom. The van der Waals surface area contributed by atoms with Crippen molar-refractivity contribution in [1.29, 1.82) is 0 Å². The molecule has 0 saturated carbocycles. The van der Waals surface area contributed by atoms with E-state index in [1.807, 2.05) is 0 Å². The molecular formula is C13H8O6. The van der Waals surface area contributed by atoms with E-state index in [0.717, 1.165) is 6.26 Å². The zero-order valence-corrected chi connectivity index (χ0v) is 9.41. The van der Waals surface area contributed by atoms with Gasteiger partial charge in [-0.05, 0) is 12.1 Å². The van der Waals surface area contributed by atoms with Crippen molar-refractivity contribution in [2.75, 3.05) is 0 Å². The van der Waals surface area contributed by atoms with Gasteiger partial charge in [-0.2, -0.15) is 0 Å². The maximum atomic E-state index is 10.8. The minimum Gasteiger partial charge on any atom is -0.507 e. The smallest absolute Gasteiger partial charge is 0.186 e. The van der Waals surface area contributed by atoms with E-state index < -0.39 is 5.75 Å². The minimum absolute atomic E-state index is 0.0131. The number of phenolic OH excluding ortho intramolecular Hbond substituents is 4. The number of rotatable bonds is 1. The summed E-state index contributed by atoms with van der Waals surface area (Å²) in [7, 11) is 0. The predicted octanol–water partition coefficient (Wildman–Crippen LogP) is 2.22. The van der Waals surface area contributed by atoms with Crippen LogP contribution in [0.25, 0.3) is 21.5 Å². The summed E-state index contributed by atoms with van der Waals surface area (Å²) in [6, 6.07) is 2.35. The topological polar surface area (TPSA) is 111 Å². The number of benzene rings is 2. The van der Waals surface area contributed by atoms with Crippen LogP contribution in [-0.4, -0.2) is 26.7 Å². The molecule has 0 aliphatic rings. The van der Waals surface area contributed by atoms with Crippen molar-refractivity contribution in [3.8, 4) is 23.0 Å². The number of hydrogen-bond acceptors (Lipinski definition) is 6. The second kappa shape index (κ2) is 3.55. The molecule has 3 aromatic rings. The average molecular weight is 260 g/mol. The Bertz CT molecular complexity index is 830. The van der Waals surface area contributed by atoms with Gasteiger partial charge in [-0.25, -0.2) is 0 Å². The van der Waals surface area contributed by atoms with Gasteiger partial charge in [0.05, 0.1) is 21.5 Å². The first kappa shape index (κ1) is 11.2. The Morgan fingerprint density at radius 1 is 0.895 bits per heavy atom. The lowest BCUT2D eigenvalue weighted by atomic mass is 10.0. The van der Waals surface area contributed by atoms with Crippen LogP contribution in [0.5, 0.6) is 23.0 Å². The highest BCUT2D eigenvalue weighted by Crippen LogP contribution is 2.49. The number of carbonyl (C=O) groups is 1. The lowest BCUT2D eigenvalue weighted by molar-refractivity contribution is 0.110. The van der Waals surface area contributed by atoms with Gasteiger partial charge in [0.2, 0.25) is 0 Å². The second-order valence-corrected chi connectivity index (χ2v) is 4.06. The van der Waals surface area contributed by atoms with E-state index in [2.05, 4.69) is 0 Å². The molecule has 6 heteroatoms. The zero-order chi connectivity index (χ0) is 13.7. The average Bonchev–Trinajstić information content (AvgIpc) is 2.83. The maximum absolute atomic E-state index is 10.8. The Balaban J connectivity index is 2.71. The Hall–Kier alpha value is -2.89. The van der Waals surface area contributed by atoms with Crippen LogP contribution in [0.4, 0.5) is 0 Å². The molecular weight excluding hydrogens is 252 g/mol. The van der Waals surface area contributed by atoms with Crippen LogP contribution in [0.3, 0.4) is 0 Å². The van der Waals surface area contributed by atoms with Crippen LogP contribution in [0, 0.1) is 0 Å². The van der Waals surface area contributed by atoms with Crippen LogP contribution in [0.1, 0.15) is 10.6 Å². The highest BCUT2D eigenvalue weighted by atomic mass is 16.3. The number of fused-ring (bicyclic) bond motifs is 2. The summed E-state index contributed by atoms with van der Waals surface area (Å²) in [6.07, 6.45) is 1.48. The molecule has 0 aliphatic heterocycles. The molecule has 1 aromatic heterocycles. The van der Waals surface area contributed by atoms with Gasteiger partial charge in [0.1, 0.15) is 29.3 Å². The Morgan fingerprint density at radius 2 is 1.47 bits per heavy atom. The summed E-state index contributed by atoms with van der Waals surface area (Å²) in [5, 5.41) is 39.5. The van der Waals surface area contributed by atoms with Gasteiger partial charge < -0.3 is 24.8 Å². The molecule has 0 radical (unpaired) electrons. The fourth-order valence-electron chi connectivity index (χ4n) is 2.20. The number of phenols is 4. The van der Waals surface area contributed by atoms with Gasteiger partial charge in [0.25, 0.3) is 0 Å². The summed E-state index contributed by atoms with van der Waals surface area (Å²) in [5.41, 5.74) is 0. The fraction of sp³-hybridized carbons (Fsp3) is 0. The van der Waals surface area contributed by atoms with Crippen LogP contribution < -0.4 is 0 Å². The first-order chi connectivity index (χ1) is 9.06.